The zero-order chi connectivity index (χ0) is 9.56. The van der Waals surface area contributed by atoms with E-state index in [1.807, 2.05) is 13.8 Å². The van der Waals surface area contributed by atoms with Gasteiger partial charge in [-0.15, -0.1) is 0 Å². The summed E-state index contributed by atoms with van der Waals surface area (Å²) < 4.78 is 0. The van der Waals surface area contributed by atoms with Crippen LogP contribution in [0.3, 0.4) is 0 Å². The third-order valence-electron chi connectivity index (χ3n) is 1.10. The van der Waals surface area contributed by atoms with Crippen molar-refractivity contribution in [3.05, 3.63) is 0 Å². The molecule has 0 aliphatic heterocycles. The Hall–Kier alpha value is -0.840. The molecule has 0 aromatic heterocycles. The second-order valence-corrected chi connectivity index (χ2v) is 3.20. The summed E-state index contributed by atoms with van der Waals surface area (Å²) in [6.07, 6.45) is 0.398. The van der Waals surface area contributed by atoms with E-state index >= 15 is 0 Å². The van der Waals surface area contributed by atoms with Crippen LogP contribution in [0.2, 0.25) is 0 Å². The molecule has 1 amide bonds. The SMILES string of the molecule is CC(C)NC(=O)CCNC(N)=S. The molecule has 0 heterocycles. The van der Waals surface area contributed by atoms with Crippen LogP contribution in [-0.2, 0) is 4.79 Å². The first-order valence-electron chi connectivity index (χ1n) is 3.85. The first kappa shape index (κ1) is 11.2. The summed E-state index contributed by atoms with van der Waals surface area (Å²) in [5.41, 5.74) is 5.17. The van der Waals surface area contributed by atoms with Gasteiger partial charge in [0.25, 0.3) is 0 Å². The van der Waals surface area contributed by atoms with Crippen molar-refractivity contribution in [1.29, 1.82) is 0 Å². The van der Waals surface area contributed by atoms with E-state index in [1.54, 1.807) is 0 Å². The zero-order valence-electron chi connectivity index (χ0n) is 7.39. The summed E-state index contributed by atoms with van der Waals surface area (Å²) in [4.78, 5) is 11.0. The lowest BCUT2D eigenvalue weighted by Crippen LogP contribution is -2.35. The average Bonchev–Trinajstić information content (AvgIpc) is 1.84. The van der Waals surface area contributed by atoms with E-state index in [1.165, 1.54) is 0 Å². The minimum atomic E-state index is 0.00810. The van der Waals surface area contributed by atoms with Crippen LogP contribution < -0.4 is 16.4 Å². The second-order valence-electron chi connectivity index (χ2n) is 2.76. The quantitative estimate of drug-likeness (QED) is 0.533. The fraction of sp³-hybridized carbons (Fsp3) is 0.714. The summed E-state index contributed by atoms with van der Waals surface area (Å²) in [6, 6.07) is 0.183. The maximum Gasteiger partial charge on any atom is 0.221 e. The van der Waals surface area contributed by atoms with Gasteiger partial charge in [-0.1, -0.05) is 0 Å². The predicted molar refractivity (Wildman–Crippen MR) is 52.7 cm³/mol. The molecular weight excluding hydrogens is 174 g/mol. The maximum atomic E-state index is 11.0. The molecule has 0 aliphatic carbocycles. The van der Waals surface area contributed by atoms with E-state index in [-0.39, 0.29) is 17.1 Å². The number of hydrogen-bond acceptors (Lipinski definition) is 2. The molecule has 0 radical (unpaired) electrons. The highest BCUT2D eigenvalue weighted by atomic mass is 32.1. The van der Waals surface area contributed by atoms with E-state index in [4.69, 9.17) is 5.73 Å². The topological polar surface area (TPSA) is 67.2 Å². The summed E-state index contributed by atoms with van der Waals surface area (Å²) in [5, 5.41) is 5.68. The van der Waals surface area contributed by atoms with Crippen molar-refractivity contribution >= 4 is 23.2 Å². The van der Waals surface area contributed by atoms with Crippen molar-refractivity contribution in [2.45, 2.75) is 26.3 Å². The standard InChI is InChI=1S/C7H15N3OS/c1-5(2)10-6(11)3-4-9-7(8)12/h5H,3-4H2,1-2H3,(H,10,11)(H3,8,9,12). The fourth-order valence-electron chi connectivity index (χ4n) is 0.693. The lowest BCUT2D eigenvalue weighted by Gasteiger charge is -2.08. The van der Waals surface area contributed by atoms with Crippen molar-refractivity contribution in [3.8, 4) is 0 Å². The average molecular weight is 189 g/mol. The number of hydrogen-bond donors (Lipinski definition) is 3. The summed E-state index contributed by atoms with van der Waals surface area (Å²) in [6.45, 7) is 4.33. The first-order valence-corrected chi connectivity index (χ1v) is 4.26. The Kier molecular flexibility index (Phi) is 5.36. The summed E-state index contributed by atoms with van der Waals surface area (Å²) in [7, 11) is 0. The number of nitrogens with one attached hydrogen (secondary N) is 2. The van der Waals surface area contributed by atoms with Crippen LogP contribution in [0.4, 0.5) is 0 Å². The molecule has 0 bridgehead atoms. The van der Waals surface area contributed by atoms with Crippen LogP contribution in [0, 0.1) is 0 Å². The fourth-order valence-corrected chi connectivity index (χ4v) is 0.795. The highest BCUT2D eigenvalue weighted by Crippen LogP contribution is 1.81. The van der Waals surface area contributed by atoms with Crippen LogP contribution in [0.1, 0.15) is 20.3 Å². The lowest BCUT2D eigenvalue weighted by molar-refractivity contribution is -0.121. The Bertz CT molecular complexity index is 170. The van der Waals surface area contributed by atoms with Crippen LogP contribution in [-0.4, -0.2) is 23.6 Å². The van der Waals surface area contributed by atoms with E-state index in [0.717, 1.165) is 0 Å². The number of nitrogens with two attached hydrogens (primary N) is 1. The van der Waals surface area contributed by atoms with E-state index < -0.39 is 0 Å². The molecule has 0 aromatic rings. The minimum Gasteiger partial charge on any atom is -0.376 e. The lowest BCUT2D eigenvalue weighted by atomic mass is 10.3. The van der Waals surface area contributed by atoms with Gasteiger partial charge in [0.15, 0.2) is 5.11 Å². The van der Waals surface area contributed by atoms with Gasteiger partial charge in [0.2, 0.25) is 5.91 Å². The molecule has 0 fully saturated rings. The Morgan fingerprint density at radius 3 is 2.58 bits per heavy atom. The van der Waals surface area contributed by atoms with Gasteiger partial charge in [-0.3, -0.25) is 4.79 Å². The van der Waals surface area contributed by atoms with Gasteiger partial charge < -0.3 is 16.4 Å². The van der Waals surface area contributed by atoms with Crippen LogP contribution in [0.5, 0.6) is 0 Å². The molecule has 0 spiro atoms. The van der Waals surface area contributed by atoms with Crippen molar-refractivity contribution in [2.75, 3.05) is 6.54 Å². The van der Waals surface area contributed by atoms with Gasteiger partial charge in [-0.05, 0) is 26.1 Å². The molecule has 5 heteroatoms. The number of carbonyl (C=O) groups excluding carboxylic acids is 1. The Labute approximate surface area is 77.9 Å². The highest BCUT2D eigenvalue weighted by molar-refractivity contribution is 7.80. The van der Waals surface area contributed by atoms with Gasteiger partial charge in [-0.25, -0.2) is 0 Å². The van der Waals surface area contributed by atoms with Gasteiger partial charge in [0.1, 0.15) is 0 Å². The molecule has 0 saturated carbocycles. The number of rotatable bonds is 4. The summed E-state index contributed by atoms with van der Waals surface area (Å²) >= 11 is 4.57. The largest absolute Gasteiger partial charge is 0.376 e. The maximum absolute atomic E-state index is 11.0. The molecule has 0 aromatic carbocycles. The molecule has 70 valence electrons. The number of thiocarbonyl (C=S) groups is 1. The van der Waals surface area contributed by atoms with E-state index in [0.29, 0.717) is 13.0 Å². The molecule has 0 saturated heterocycles. The number of carbonyl (C=O) groups is 1. The molecule has 0 unspecified atom stereocenters. The van der Waals surface area contributed by atoms with Crippen LogP contribution in [0.25, 0.3) is 0 Å². The molecule has 12 heavy (non-hydrogen) atoms. The third-order valence-corrected chi connectivity index (χ3v) is 1.25. The normalized spacial score (nSPS) is 9.58. The number of amides is 1. The first-order chi connectivity index (χ1) is 5.52. The Morgan fingerprint density at radius 2 is 2.17 bits per heavy atom. The van der Waals surface area contributed by atoms with Gasteiger partial charge in [0.05, 0.1) is 0 Å². The summed E-state index contributed by atoms with van der Waals surface area (Å²) in [5.74, 6) is 0.00810. The van der Waals surface area contributed by atoms with E-state index in [9.17, 15) is 4.79 Å². The predicted octanol–water partition coefficient (Wildman–Crippen LogP) is -0.266. The molecule has 0 aliphatic rings. The van der Waals surface area contributed by atoms with E-state index in [2.05, 4.69) is 22.9 Å². The van der Waals surface area contributed by atoms with Gasteiger partial charge in [-0.2, -0.15) is 0 Å². The van der Waals surface area contributed by atoms with Crippen molar-refractivity contribution in [2.24, 2.45) is 5.73 Å². The highest BCUT2D eigenvalue weighted by Gasteiger charge is 2.01. The minimum absolute atomic E-state index is 0.00810. The second kappa shape index (κ2) is 5.77. The molecule has 4 N–H and O–H groups in total. The van der Waals surface area contributed by atoms with Crippen molar-refractivity contribution < 1.29 is 4.79 Å². The smallest absolute Gasteiger partial charge is 0.221 e. The van der Waals surface area contributed by atoms with Crippen LogP contribution in [0.15, 0.2) is 0 Å². The molecular formula is C7H15N3OS. The van der Waals surface area contributed by atoms with Crippen molar-refractivity contribution in [3.63, 3.8) is 0 Å². The van der Waals surface area contributed by atoms with Crippen LogP contribution >= 0.6 is 12.2 Å². The monoisotopic (exact) mass is 189 g/mol. The Balaban J connectivity index is 3.38. The zero-order valence-corrected chi connectivity index (χ0v) is 8.20. The molecule has 4 nitrogen and oxygen atoms in total. The molecule has 0 rings (SSSR count). The third kappa shape index (κ3) is 7.27. The van der Waals surface area contributed by atoms with Gasteiger partial charge in [0, 0.05) is 19.0 Å². The van der Waals surface area contributed by atoms with Crippen molar-refractivity contribution in [1.82, 2.24) is 10.6 Å². The molecule has 0 atom stereocenters. The van der Waals surface area contributed by atoms with Gasteiger partial charge >= 0.3 is 0 Å². The Morgan fingerprint density at radius 1 is 1.58 bits per heavy atom.